The SMILES string of the molecule is CCOC(=O)C(=O)Cn1nc(C2CCCN(S(C)(=O)=O)C2)n(C)c1=O. The van der Waals surface area contributed by atoms with Gasteiger partial charge in [0.1, 0.15) is 12.4 Å². The fraction of sp³-hybridized carbons (Fsp3) is 0.714. The minimum absolute atomic E-state index is 0.0658. The van der Waals surface area contributed by atoms with Gasteiger partial charge in [-0.3, -0.25) is 9.36 Å². The second-order valence-corrected chi connectivity index (χ2v) is 7.94. The summed E-state index contributed by atoms with van der Waals surface area (Å²) in [5.41, 5.74) is -0.538. The quantitative estimate of drug-likeness (QED) is 0.455. The number of Topliss-reactive ketones (excluding diaryl/α,β-unsaturated/α-hetero) is 1. The number of esters is 1. The van der Waals surface area contributed by atoms with Crippen molar-refractivity contribution in [2.45, 2.75) is 32.2 Å². The molecule has 1 atom stereocenters. The Morgan fingerprint density at radius 2 is 2.04 bits per heavy atom. The van der Waals surface area contributed by atoms with Crippen molar-refractivity contribution < 1.29 is 22.7 Å². The van der Waals surface area contributed by atoms with E-state index in [1.54, 1.807) is 6.92 Å². The zero-order valence-electron chi connectivity index (χ0n) is 14.5. The highest BCUT2D eigenvalue weighted by atomic mass is 32.2. The number of hydrogen-bond acceptors (Lipinski definition) is 7. The highest BCUT2D eigenvalue weighted by Gasteiger charge is 2.30. The van der Waals surface area contributed by atoms with Gasteiger partial charge in [0.15, 0.2) is 0 Å². The van der Waals surface area contributed by atoms with E-state index < -0.39 is 34.0 Å². The molecule has 2 rings (SSSR count). The van der Waals surface area contributed by atoms with E-state index in [1.807, 2.05) is 0 Å². The first-order valence-electron chi connectivity index (χ1n) is 7.94. The van der Waals surface area contributed by atoms with Crippen LogP contribution < -0.4 is 5.69 Å². The Morgan fingerprint density at radius 3 is 2.64 bits per heavy atom. The van der Waals surface area contributed by atoms with Crippen molar-refractivity contribution in [3.05, 3.63) is 16.3 Å². The fourth-order valence-corrected chi connectivity index (χ4v) is 3.74. The van der Waals surface area contributed by atoms with Crippen molar-refractivity contribution in [3.8, 4) is 0 Å². The summed E-state index contributed by atoms with van der Waals surface area (Å²) in [7, 11) is -1.81. The van der Waals surface area contributed by atoms with Gasteiger partial charge in [0.25, 0.3) is 5.78 Å². The van der Waals surface area contributed by atoms with Crippen LogP contribution in [-0.4, -0.2) is 64.8 Å². The van der Waals surface area contributed by atoms with Crippen LogP contribution in [-0.2, 0) is 37.9 Å². The van der Waals surface area contributed by atoms with Crippen LogP contribution in [0.4, 0.5) is 0 Å². The standard InChI is InChI=1S/C14H22N4O6S/c1-4-24-13(20)11(19)9-18-14(21)16(2)12(15-18)10-6-5-7-17(8-10)25(3,22)23/h10H,4-9H2,1-3H3. The van der Waals surface area contributed by atoms with Crippen molar-refractivity contribution in [1.82, 2.24) is 18.7 Å². The van der Waals surface area contributed by atoms with Crippen LogP contribution in [0.15, 0.2) is 4.79 Å². The molecule has 0 radical (unpaired) electrons. The lowest BCUT2D eigenvalue weighted by Gasteiger charge is -2.30. The highest BCUT2D eigenvalue weighted by Crippen LogP contribution is 2.26. The van der Waals surface area contributed by atoms with Crippen molar-refractivity contribution in [2.75, 3.05) is 26.0 Å². The predicted octanol–water partition coefficient (Wildman–Crippen LogP) is -1.15. The van der Waals surface area contributed by atoms with Gasteiger partial charge in [-0.25, -0.2) is 27.0 Å². The molecule has 1 saturated heterocycles. The third-order valence-corrected chi connectivity index (χ3v) is 5.36. The first-order chi connectivity index (χ1) is 11.6. The molecule has 11 heteroatoms. The van der Waals surface area contributed by atoms with E-state index in [-0.39, 0.29) is 19.1 Å². The predicted molar refractivity (Wildman–Crippen MR) is 87.5 cm³/mol. The van der Waals surface area contributed by atoms with E-state index in [1.165, 1.54) is 15.9 Å². The van der Waals surface area contributed by atoms with Crippen molar-refractivity contribution in [3.63, 3.8) is 0 Å². The van der Waals surface area contributed by atoms with E-state index >= 15 is 0 Å². The smallest absolute Gasteiger partial charge is 0.376 e. The number of carbonyl (C=O) groups excluding carboxylic acids is 2. The van der Waals surface area contributed by atoms with Gasteiger partial charge < -0.3 is 4.74 Å². The first-order valence-corrected chi connectivity index (χ1v) is 9.78. The zero-order valence-corrected chi connectivity index (χ0v) is 15.3. The largest absolute Gasteiger partial charge is 0.460 e. The number of hydrogen-bond donors (Lipinski definition) is 0. The molecule has 10 nitrogen and oxygen atoms in total. The number of carbonyl (C=O) groups is 2. The molecule has 1 unspecified atom stereocenters. The molecule has 140 valence electrons. The zero-order chi connectivity index (χ0) is 18.8. The molecule has 0 spiro atoms. The lowest BCUT2D eigenvalue weighted by Crippen LogP contribution is -2.39. The van der Waals surface area contributed by atoms with Gasteiger partial charge in [-0.05, 0) is 19.8 Å². The molecule has 1 fully saturated rings. The Hall–Kier alpha value is -2.01. The lowest BCUT2D eigenvalue weighted by atomic mass is 9.99. The molecule has 0 saturated carbocycles. The van der Waals surface area contributed by atoms with Crippen molar-refractivity contribution >= 4 is 21.8 Å². The second-order valence-electron chi connectivity index (χ2n) is 5.96. The molecule has 0 amide bonds. The molecule has 1 aliphatic heterocycles. The van der Waals surface area contributed by atoms with Gasteiger partial charge in [-0.15, -0.1) is 0 Å². The number of nitrogens with zero attached hydrogens (tertiary/aromatic N) is 4. The van der Waals surface area contributed by atoms with Crippen LogP contribution in [0.2, 0.25) is 0 Å². The maximum Gasteiger partial charge on any atom is 0.376 e. The third kappa shape index (κ3) is 4.34. The molecule has 2 heterocycles. The van der Waals surface area contributed by atoms with Crippen LogP contribution >= 0.6 is 0 Å². The lowest BCUT2D eigenvalue weighted by molar-refractivity contribution is -0.153. The Morgan fingerprint density at radius 1 is 1.36 bits per heavy atom. The molecule has 0 aromatic carbocycles. The maximum atomic E-state index is 12.3. The summed E-state index contributed by atoms with van der Waals surface area (Å²) in [5.74, 6) is -1.73. The molecular weight excluding hydrogens is 352 g/mol. The van der Waals surface area contributed by atoms with Crippen LogP contribution in [0.25, 0.3) is 0 Å². The summed E-state index contributed by atoms with van der Waals surface area (Å²) in [6, 6.07) is 0. The van der Waals surface area contributed by atoms with Crippen LogP contribution in [0.1, 0.15) is 31.5 Å². The van der Waals surface area contributed by atoms with Gasteiger partial charge in [-0.2, -0.15) is 5.10 Å². The minimum atomic E-state index is -3.32. The minimum Gasteiger partial charge on any atom is -0.460 e. The molecule has 1 aromatic rings. The van der Waals surface area contributed by atoms with Gasteiger partial charge in [0.05, 0.1) is 12.9 Å². The first kappa shape index (κ1) is 19.3. The number of aromatic nitrogens is 3. The average molecular weight is 374 g/mol. The monoisotopic (exact) mass is 374 g/mol. The summed E-state index contributed by atoms with van der Waals surface area (Å²) in [4.78, 5) is 35.4. The Bertz CT molecular complexity index is 825. The van der Waals surface area contributed by atoms with Crippen molar-refractivity contribution in [2.24, 2.45) is 7.05 Å². The average Bonchev–Trinajstić information content (AvgIpc) is 2.83. The molecule has 25 heavy (non-hydrogen) atoms. The topological polar surface area (TPSA) is 121 Å². The fourth-order valence-electron chi connectivity index (χ4n) is 2.83. The molecule has 1 aromatic heterocycles. The Kier molecular flexibility index (Phi) is 5.78. The van der Waals surface area contributed by atoms with Crippen LogP contribution in [0.5, 0.6) is 0 Å². The van der Waals surface area contributed by atoms with E-state index in [0.717, 1.165) is 10.9 Å². The molecule has 1 aliphatic rings. The van der Waals surface area contributed by atoms with Crippen LogP contribution in [0, 0.1) is 0 Å². The van der Waals surface area contributed by atoms with Gasteiger partial charge in [0.2, 0.25) is 10.0 Å². The molecule has 0 aliphatic carbocycles. The van der Waals surface area contributed by atoms with Gasteiger partial charge >= 0.3 is 11.7 Å². The number of rotatable bonds is 6. The highest BCUT2D eigenvalue weighted by molar-refractivity contribution is 7.88. The number of ketones is 1. The normalized spacial score (nSPS) is 18.9. The molecule has 0 N–H and O–H groups in total. The summed E-state index contributed by atoms with van der Waals surface area (Å²) >= 11 is 0. The second kappa shape index (κ2) is 7.48. The summed E-state index contributed by atoms with van der Waals surface area (Å²) in [6.45, 7) is 1.80. The number of sulfonamides is 1. The molecule has 0 bridgehead atoms. The number of ether oxygens (including phenoxy) is 1. The molecular formula is C14H22N4O6S. The van der Waals surface area contributed by atoms with E-state index in [2.05, 4.69) is 9.84 Å². The van der Waals surface area contributed by atoms with Crippen LogP contribution in [0.3, 0.4) is 0 Å². The summed E-state index contributed by atoms with van der Waals surface area (Å²) in [6.07, 6.45) is 2.48. The van der Waals surface area contributed by atoms with Crippen molar-refractivity contribution in [1.29, 1.82) is 0 Å². The Labute approximate surface area is 145 Å². The van der Waals surface area contributed by atoms with E-state index in [9.17, 15) is 22.8 Å². The Balaban J connectivity index is 2.22. The summed E-state index contributed by atoms with van der Waals surface area (Å²) in [5, 5.41) is 4.15. The number of piperidine rings is 1. The third-order valence-electron chi connectivity index (χ3n) is 4.09. The van der Waals surface area contributed by atoms with Gasteiger partial charge in [-0.1, -0.05) is 0 Å². The van der Waals surface area contributed by atoms with E-state index in [4.69, 9.17) is 0 Å². The summed E-state index contributed by atoms with van der Waals surface area (Å²) < 4.78 is 31.6. The van der Waals surface area contributed by atoms with Gasteiger partial charge in [0, 0.05) is 26.1 Å². The van der Waals surface area contributed by atoms with E-state index in [0.29, 0.717) is 25.2 Å². The maximum absolute atomic E-state index is 12.3.